The molecule has 0 radical (unpaired) electrons. The van der Waals surface area contributed by atoms with Crippen LogP contribution in [0.5, 0.6) is 0 Å². The van der Waals surface area contributed by atoms with Gasteiger partial charge in [0.05, 0.1) is 6.54 Å². The smallest absolute Gasteiger partial charge is 0.319 e. The average molecular weight is 321 g/mol. The number of nitrogens with one attached hydrogen (secondary N) is 2. The number of halogens is 1. The van der Waals surface area contributed by atoms with Crippen LogP contribution in [-0.4, -0.2) is 17.7 Å². The lowest BCUT2D eigenvalue weighted by atomic mass is 10.2. The van der Waals surface area contributed by atoms with E-state index >= 15 is 0 Å². The van der Waals surface area contributed by atoms with Gasteiger partial charge in [-0.3, -0.25) is 0 Å². The zero-order valence-corrected chi connectivity index (χ0v) is 12.6. The van der Waals surface area contributed by atoms with Crippen LogP contribution in [0, 0.1) is 11.8 Å². The number of aliphatic hydroxyl groups excluding tert-OH is 1. The molecule has 0 aliphatic rings. The van der Waals surface area contributed by atoms with Crippen molar-refractivity contribution in [3.8, 4) is 11.8 Å². The first kappa shape index (κ1) is 15.4. The summed E-state index contributed by atoms with van der Waals surface area (Å²) in [5, 5.41) is 16.6. The van der Waals surface area contributed by atoms with Crippen molar-refractivity contribution in [1.29, 1.82) is 0 Å². The number of benzene rings is 1. The van der Waals surface area contributed by atoms with E-state index in [1.807, 2.05) is 11.4 Å². The van der Waals surface area contributed by atoms with E-state index in [4.69, 9.17) is 16.7 Å². The predicted octanol–water partition coefficient (Wildman–Crippen LogP) is 3.07. The first-order valence-electron chi connectivity index (χ1n) is 6.15. The highest BCUT2D eigenvalue weighted by molar-refractivity contribution is 7.10. The Morgan fingerprint density at radius 2 is 2.24 bits per heavy atom. The summed E-state index contributed by atoms with van der Waals surface area (Å²) in [6.07, 6.45) is 0. The Balaban J connectivity index is 1.91. The molecule has 3 N–H and O–H groups in total. The fourth-order valence-electron chi connectivity index (χ4n) is 1.63. The lowest BCUT2D eigenvalue weighted by molar-refractivity contribution is 0.252. The maximum absolute atomic E-state index is 11.8. The van der Waals surface area contributed by atoms with E-state index in [0.717, 1.165) is 10.4 Å². The molecule has 2 rings (SSSR count). The Morgan fingerprint density at radius 1 is 1.38 bits per heavy atom. The normalized spacial score (nSPS) is 9.62. The standard InChI is InChI=1S/C15H13ClN2O2S/c16-12-4-1-5-13(9-12)18-15(20)17-10-14-11(3-2-7-19)6-8-21-14/h1,4-6,8-9,19H,7,10H2,(H2,17,18,20). The van der Waals surface area contributed by atoms with Crippen molar-refractivity contribution < 1.29 is 9.90 Å². The molecule has 0 aliphatic heterocycles. The van der Waals surface area contributed by atoms with Crippen molar-refractivity contribution in [3.63, 3.8) is 0 Å². The largest absolute Gasteiger partial charge is 0.384 e. The molecule has 1 heterocycles. The third-order valence-electron chi connectivity index (χ3n) is 2.54. The van der Waals surface area contributed by atoms with E-state index in [-0.39, 0.29) is 12.6 Å². The van der Waals surface area contributed by atoms with E-state index < -0.39 is 0 Å². The van der Waals surface area contributed by atoms with Crippen LogP contribution in [0.3, 0.4) is 0 Å². The van der Waals surface area contributed by atoms with Crippen LogP contribution >= 0.6 is 22.9 Å². The molecule has 6 heteroatoms. The molecule has 0 unspecified atom stereocenters. The number of hydrogen-bond acceptors (Lipinski definition) is 3. The Labute approximate surface area is 131 Å². The molecule has 108 valence electrons. The number of aliphatic hydroxyl groups is 1. The molecular weight excluding hydrogens is 308 g/mol. The quantitative estimate of drug-likeness (QED) is 0.761. The third kappa shape index (κ3) is 4.80. The minimum absolute atomic E-state index is 0.183. The van der Waals surface area contributed by atoms with Crippen LogP contribution in [0.25, 0.3) is 0 Å². The average Bonchev–Trinajstić information content (AvgIpc) is 2.90. The first-order valence-corrected chi connectivity index (χ1v) is 7.41. The molecule has 2 aromatic rings. The SMILES string of the molecule is O=C(NCc1sccc1C#CCO)Nc1cccc(Cl)c1. The highest BCUT2D eigenvalue weighted by Gasteiger charge is 2.05. The monoisotopic (exact) mass is 320 g/mol. The van der Waals surface area contributed by atoms with Gasteiger partial charge in [0.1, 0.15) is 6.61 Å². The molecule has 0 aliphatic carbocycles. The maximum Gasteiger partial charge on any atom is 0.319 e. The highest BCUT2D eigenvalue weighted by atomic mass is 35.5. The van der Waals surface area contributed by atoms with Crippen LogP contribution in [0.15, 0.2) is 35.7 Å². The summed E-state index contributed by atoms with van der Waals surface area (Å²) in [6, 6.07) is 8.48. The Kier molecular flexibility index (Phi) is 5.64. The number of anilines is 1. The van der Waals surface area contributed by atoms with Crippen LogP contribution in [0.4, 0.5) is 10.5 Å². The fourth-order valence-corrected chi connectivity index (χ4v) is 2.59. The van der Waals surface area contributed by atoms with E-state index in [1.54, 1.807) is 24.3 Å². The topological polar surface area (TPSA) is 61.4 Å². The molecule has 1 aromatic carbocycles. The molecule has 0 spiro atoms. The number of thiophene rings is 1. The van der Waals surface area contributed by atoms with Gasteiger partial charge in [-0.2, -0.15) is 0 Å². The van der Waals surface area contributed by atoms with Crippen molar-refractivity contribution in [2.24, 2.45) is 0 Å². The van der Waals surface area contributed by atoms with Crippen LogP contribution in [0.2, 0.25) is 5.02 Å². The summed E-state index contributed by atoms with van der Waals surface area (Å²) < 4.78 is 0. The van der Waals surface area contributed by atoms with Crippen LogP contribution < -0.4 is 10.6 Å². The van der Waals surface area contributed by atoms with Crippen molar-refractivity contribution in [2.45, 2.75) is 6.54 Å². The number of carbonyl (C=O) groups is 1. The lowest BCUT2D eigenvalue weighted by Crippen LogP contribution is -2.28. The summed E-state index contributed by atoms with van der Waals surface area (Å²) in [6.45, 7) is 0.192. The first-order chi connectivity index (χ1) is 10.2. The second-order valence-corrected chi connectivity index (χ2v) is 5.47. The molecule has 21 heavy (non-hydrogen) atoms. The Bertz CT molecular complexity index is 688. The van der Waals surface area contributed by atoms with Gasteiger partial charge in [-0.15, -0.1) is 11.3 Å². The minimum atomic E-state index is -0.313. The summed E-state index contributed by atoms with van der Waals surface area (Å²) in [5.74, 6) is 5.44. The van der Waals surface area contributed by atoms with Gasteiger partial charge in [0.25, 0.3) is 0 Å². The van der Waals surface area contributed by atoms with Crippen molar-refractivity contribution in [3.05, 3.63) is 51.2 Å². The highest BCUT2D eigenvalue weighted by Crippen LogP contribution is 2.16. The summed E-state index contributed by atoms with van der Waals surface area (Å²) in [4.78, 5) is 12.7. The van der Waals surface area contributed by atoms with Gasteiger partial charge in [0, 0.05) is 21.2 Å². The fraction of sp³-hybridized carbons (Fsp3) is 0.133. The Morgan fingerprint density at radius 3 is 3.00 bits per heavy atom. The predicted molar refractivity (Wildman–Crippen MR) is 85.6 cm³/mol. The van der Waals surface area contributed by atoms with E-state index in [2.05, 4.69) is 22.5 Å². The van der Waals surface area contributed by atoms with Crippen LogP contribution in [-0.2, 0) is 6.54 Å². The summed E-state index contributed by atoms with van der Waals surface area (Å²) in [7, 11) is 0. The molecule has 0 fully saturated rings. The number of hydrogen-bond donors (Lipinski definition) is 3. The molecule has 0 saturated heterocycles. The van der Waals surface area contributed by atoms with Crippen molar-refractivity contribution in [1.82, 2.24) is 5.32 Å². The zero-order chi connectivity index (χ0) is 15.1. The summed E-state index contributed by atoms with van der Waals surface area (Å²) >= 11 is 7.35. The zero-order valence-electron chi connectivity index (χ0n) is 11.0. The number of amides is 2. The van der Waals surface area contributed by atoms with Gasteiger partial charge in [-0.25, -0.2) is 4.79 Å². The second-order valence-electron chi connectivity index (χ2n) is 4.04. The van der Waals surface area contributed by atoms with Gasteiger partial charge < -0.3 is 15.7 Å². The van der Waals surface area contributed by atoms with Gasteiger partial charge in [0.2, 0.25) is 0 Å². The minimum Gasteiger partial charge on any atom is -0.384 e. The van der Waals surface area contributed by atoms with Crippen molar-refractivity contribution in [2.75, 3.05) is 11.9 Å². The van der Waals surface area contributed by atoms with Gasteiger partial charge in [-0.1, -0.05) is 29.5 Å². The number of urea groups is 1. The lowest BCUT2D eigenvalue weighted by Gasteiger charge is -2.07. The molecule has 4 nitrogen and oxygen atoms in total. The molecule has 2 amide bonds. The van der Waals surface area contributed by atoms with Crippen molar-refractivity contribution >= 4 is 34.7 Å². The number of rotatable bonds is 3. The third-order valence-corrected chi connectivity index (χ3v) is 3.70. The molecule has 1 aromatic heterocycles. The second kappa shape index (κ2) is 7.70. The molecule has 0 saturated carbocycles. The number of carbonyl (C=O) groups excluding carboxylic acids is 1. The van der Waals surface area contributed by atoms with E-state index in [0.29, 0.717) is 17.3 Å². The molecule has 0 atom stereocenters. The maximum atomic E-state index is 11.8. The summed E-state index contributed by atoms with van der Waals surface area (Å²) in [5.41, 5.74) is 1.45. The molecule has 0 bridgehead atoms. The van der Waals surface area contributed by atoms with E-state index in [9.17, 15) is 4.79 Å². The van der Waals surface area contributed by atoms with Crippen LogP contribution in [0.1, 0.15) is 10.4 Å². The van der Waals surface area contributed by atoms with Gasteiger partial charge in [0.15, 0.2) is 0 Å². The van der Waals surface area contributed by atoms with Gasteiger partial charge in [-0.05, 0) is 29.6 Å². The van der Waals surface area contributed by atoms with Gasteiger partial charge >= 0.3 is 6.03 Å². The Hall–Kier alpha value is -2.00. The van der Waals surface area contributed by atoms with E-state index in [1.165, 1.54) is 11.3 Å². The molecular formula is C15H13ClN2O2S.